The Morgan fingerprint density at radius 1 is 1.16 bits per heavy atom. The maximum Gasteiger partial charge on any atom is 0.258 e. The Morgan fingerprint density at radius 2 is 1.84 bits per heavy atom. The Labute approximate surface area is 189 Å². The van der Waals surface area contributed by atoms with E-state index in [-0.39, 0.29) is 11.3 Å². The number of hydrogen-bond acceptors (Lipinski definition) is 4. The third kappa shape index (κ3) is 3.97. The van der Waals surface area contributed by atoms with Crippen LogP contribution in [0.5, 0.6) is 5.75 Å². The molecule has 0 fully saturated rings. The lowest BCUT2D eigenvalue weighted by Crippen LogP contribution is -2.32. The second-order valence-corrected chi connectivity index (χ2v) is 9.68. The molecule has 0 N–H and O–H groups in total. The van der Waals surface area contributed by atoms with Crippen molar-refractivity contribution in [1.82, 2.24) is 4.57 Å². The molecule has 0 amide bonds. The van der Waals surface area contributed by atoms with E-state index >= 15 is 0 Å². The number of carbonyl (C=O) groups is 1. The van der Waals surface area contributed by atoms with Crippen molar-refractivity contribution in [2.24, 2.45) is 7.05 Å². The van der Waals surface area contributed by atoms with Crippen molar-refractivity contribution in [2.45, 2.75) is 58.7 Å². The fraction of sp³-hybridized carbons (Fsp3) is 0.407. The van der Waals surface area contributed by atoms with Crippen molar-refractivity contribution in [1.29, 1.82) is 0 Å². The number of hydrogen-bond donors (Lipinski definition) is 0. The molecule has 2 aromatic carbocycles. The van der Waals surface area contributed by atoms with Gasteiger partial charge in [-0.05, 0) is 74.7 Å². The molecule has 2 heterocycles. The number of carbonyl (C=O) groups excluding carboxylic acids is 1. The number of rotatable bonds is 4. The minimum atomic E-state index is -0.864. The molecule has 0 aliphatic carbocycles. The molecule has 1 aromatic heterocycles. The smallest absolute Gasteiger partial charge is 0.258 e. The molecule has 3 aromatic rings. The number of fused-ring (bicyclic) bond motifs is 2. The molecule has 1 aliphatic rings. The molecule has 2 unspecified atom stereocenters. The highest BCUT2D eigenvalue weighted by Crippen LogP contribution is 2.41. The number of Topliss-reactive ketones (excluding diaryl/α,β-unsaturated/α-hetero) is 1. The van der Waals surface area contributed by atoms with E-state index in [1.54, 1.807) is 11.6 Å². The van der Waals surface area contributed by atoms with Crippen LogP contribution in [-0.4, -0.2) is 22.6 Å². The molecule has 4 rings (SSSR count). The standard InChI is InChI=1S/C27H31NO4/c1-16-13-14-31-22-12-11-18(15-21(16)22)23-19-9-7-8-10-20(19)26(30)28(6)24(23)25(17(2)29)32-27(3,4)5/h7-12,15-16,25H,13-14H2,1-6H3. The third-order valence-corrected chi connectivity index (χ3v) is 6.08. The van der Waals surface area contributed by atoms with Crippen LogP contribution in [0.25, 0.3) is 21.9 Å². The first-order chi connectivity index (χ1) is 15.1. The van der Waals surface area contributed by atoms with Gasteiger partial charge in [0.15, 0.2) is 11.9 Å². The van der Waals surface area contributed by atoms with Gasteiger partial charge in [0.25, 0.3) is 5.56 Å². The monoisotopic (exact) mass is 433 g/mol. The van der Waals surface area contributed by atoms with Crippen LogP contribution in [-0.2, 0) is 16.6 Å². The Morgan fingerprint density at radius 3 is 2.50 bits per heavy atom. The Kier molecular flexibility index (Phi) is 5.72. The van der Waals surface area contributed by atoms with Crippen molar-refractivity contribution in [3.63, 3.8) is 0 Å². The summed E-state index contributed by atoms with van der Waals surface area (Å²) in [6.45, 7) is 10.2. The molecule has 0 spiro atoms. The van der Waals surface area contributed by atoms with Crippen LogP contribution < -0.4 is 10.3 Å². The van der Waals surface area contributed by atoms with Gasteiger partial charge in [-0.3, -0.25) is 9.59 Å². The van der Waals surface area contributed by atoms with Crippen LogP contribution in [0.3, 0.4) is 0 Å². The van der Waals surface area contributed by atoms with Crippen molar-refractivity contribution >= 4 is 16.6 Å². The molecule has 0 bridgehead atoms. The molecule has 0 radical (unpaired) electrons. The van der Waals surface area contributed by atoms with Crippen LogP contribution in [0.2, 0.25) is 0 Å². The van der Waals surface area contributed by atoms with Crippen LogP contribution in [0.1, 0.15) is 64.3 Å². The summed E-state index contributed by atoms with van der Waals surface area (Å²) in [5.41, 5.74) is 2.83. The van der Waals surface area contributed by atoms with E-state index in [1.165, 1.54) is 6.92 Å². The average molecular weight is 434 g/mol. The lowest BCUT2D eigenvalue weighted by molar-refractivity contribution is -0.139. The minimum Gasteiger partial charge on any atom is -0.493 e. The van der Waals surface area contributed by atoms with Crippen LogP contribution in [0.4, 0.5) is 0 Å². The van der Waals surface area contributed by atoms with E-state index < -0.39 is 11.7 Å². The zero-order chi connectivity index (χ0) is 23.2. The summed E-state index contributed by atoms with van der Waals surface area (Å²) in [5, 5.41) is 1.44. The summed E-state index contributed by atoms with van der Waals surface area (Å²) in [5.74, 6) is 1.13. The van der Waals surface area contributed by atoms with Crippen LogP contribution in [0.15, 0.2) is 47.3 Å². The summed E-state index contributed by atoms with van der Waals surface area (Å²) in [6, 6.07) is 13.7. The molecular formula is C27H31NO4. The van der Waals surface area contributed by atoms with Crippen molar-refractivity contribution in [3.05, 3.63) is 64.1 Å². The van der Waals surface area contributed by atoms with E-state index in [0.29, 0.717) is 23.6 Å². The fourth-order valence-corrected chi connectivity index (χ4v) is 4.50. The predicted molar refractivity (Wildman–Crippen MR) is 127 cm³/mol. The first-order valence-corrected chi connectivity index (χ1v) is 11.2. The highest BCUT2D eigenvalue weighted by molar-refractivity contribution is 5.99. The predicted octanol–water partition coefficient (Wildman–Crippen LogP) is 5.54. The van der Waals surface area contributed by atoms with Crippen LogP contribution >= 0.6 is 0 Å². The Balaban J connectivity index is 2.08. The van der Waals surface area contributed by atoms with E-state index in [1.807, 2.05) is 57.2 Å². The summed E-state index contributed by atoms with van der Waals surface area (Å²) in [7, 11) is 1.72. The summed E-state index contributed by atoms with van der Waals surface area (Å²) >= 11 is 0. The van der Waals surface area contributed by atoms with Gasteiger partial charge in [0.05, 0.1) is 17.9 Å². The zero-order valence-electron chi connectivity index (χ0n) is 19.7. The SMILES string of the molecule is CC(=O)C(OC(C)(C)C)c1c(-c2ccc3c(c2)C(C)CCO3)c2ccccc2c(=O)n1C. The largest absolute Gasteiger partial charge is 0.493 e. The second kappa shape index (κ2) is 8.21. The number of ether oxygens (including phenoxy) is 2. The molecule has 1 aliphatic heterocycles. The summed E-state index contributed by atoms with van der Waals surface area (Å²) < 4.78 is 13.7. The molecule has 2 atom stereocenters. The zero-order valence-corrected chi connectivity index (χ0v) is 19.7. The minimum absolute atomic E-state index is 0.138. The van der Waals surface area contributed by atoms with Crippen molar-refractivity contribution in [3.8, 4) is 16.9 Å². The first kappa shape index (κ1) is 22.3. The summed E-state index contributed by atoms with van der Waals surface area (Å²) in [6.07, 6.45) is 0.0950. The molecule has 5 nitrogen and oxygen atoms in total. The summed E-state index contributed by atoms with van der Waals surface area (Å²) in [4.78, 5) is 26.1. The lowest BCUT2D eigenvalue weighted by atomic mass is 9.88. The Hall–Kier alpha value is -2.92. The maximum atomic E-state index is 13.3. The van der Waals surface area contributed by atoms with Gasteiger partial charge in [0, 0.05) is 18.0 Å². The van der Waals surface area contributed by atoms with E-state index in [0.717, 1.165) is 34.2 Å². The number of pyridine rings is 1. The van der Waals surface area contributed by atoms with Gasteiger partial charge in [-0.2, -0.15) is 0 Å². The van der Waals surface area contributed by atoms with E-state index in [9.17, 15) is 9.59 Å². The van der Waals surface area contributed by atoms with E-state index in [2.05, 4.69) is 13.0 Å². The molecule has 0 saturated heterocycles. The quantitative estimate of drug-likeness (QED) is 0.542. The topological polar surface area (TPSA) is 57.5 Å². The van der Waals surface area contributed by atoms with Gasteiger partial charge in [-0.25, -0.2) is 0 Å². The van der Waals surface area contributed by atoms with Gasteiger partial charge >= 0.3 is 0 Å². The highest BCUT2D eigenvalue weighted by Gasteiger charge is 2.31. The number of aromatic nitrogens is 1. The second-order valence-electron chi connectivity index (χ2n) is 9.68. The molecule has 168 valence electrons. The van der Waals surface area contributed by atoms with Gasteiger partial charge in [-0.1, -0.05) is 31.2 Å². The van der Waals surface area contributed by atoms with E-state index in [4.69, 9.17) is 9.47 Å². The number of nitrogens with zero attached hydrogens (tertiary/aromatic N) is 1. The van der Waals surface area contributed by atoms with Gasteiger partial charge in [-0.15, -0.1) is 0 Å². The first-order valence-electron chi connectivity index (χ1n) is 11.2. The molecule has 0 saturated carbocycles. The average Bonchev–Trinajstić information content (AvgIpc) is 2.74. The van der Waals surface area contributed by atoms with Crippen molar-refractivity contribution in [2.75, 3.05) is 6.61 Å². The van der Waals surface area contributed by atoms with Gasteiger partial charge in [0.2, 0.25) is 0 Å². The normalized spacial score (nSPS) is 17.0. The fourth-order valence-electron chi connectivity index (χ4n) is 4.50. The van der Waals surface area contributed by atoms with Gasteiger partial charge in [0.1, 0.15) is 5.75 Å². The molecule has 32 heavy (non-hydrogen) atoms. The maximum absolute atomic E-state index is 13.3. The van der Waals surface area contributed by atoms with Crippen molar-refractivity contribution < 1.29 is 14.3 Å². The Bertz CT molecular complexity index is 1250. The molecular weight excluding hydrogens is 402 g/mol. The highest BCUT2D eigenvalue weighted by atomic mass is 16.5. The number of benzene rings is 2. The molecule has 5 heteroatoms. The van der Waals surface area contributed by atoms with Gasteiger partial charge < -0.3 is 14.0 Å². The number of ketones is 1. The van der Waals surface area contributed by atoms with Crippen LogP contribution in [0, 0.1) is 0 Å². The lowest BCUT2D eigenvalue weighted by Gasteiger charge is -2.30. The third-order valence-electron chi connectivity index (χ3n) is 6.08.